The van der Waals surface area contributed by atoms with E-state index in [1.807, 2.05) is 33.9 Å². The number of rotatable bonds is 7. The highest BCUT2D eigenvalue weighted by molar-refractivity contribution is 7.85. The molecule has 12 heteroatoms. The molecule has 0 radical (unpaired) electrons. The first-order chi connectivity index (χ1) is 13.1. The quantitative estimate of drug-likeness (QED) is 0.454. The molecule has 2 N–H and O–H groups in total. The fourth-order valence-corrected chi connectivity index (χ4v) is 4.61. The topological polar surface area (TPSA) is 137 Å². The maximum Gasteiger partial charge on any atom is 0.330 e. The van der Waals surface area contributed by atoms with Crippen LogP contribution in [0.25, 0.3) is 0 Å². The molecular weight excluding hydrogens is 420 g/mol. The lowest BCUT2D eigenvalue weighted by atomic mass is 9.99. The third kappa shape index (κ3) is 5.44. The molecule has 0 aliphatic carbocycles. The fraction of sp³-hybridized carbons (Fsp3) is 0.765. The molecule has 2 heterocycles. The molecule has 0 aromatic carbocycles. The Morgan fingerprint density at radius 3 is 2.48 bits per heavy atom. The molecule has 166 valence electrons. The largest absolute Gasteiger partial charge is 0.411 e. The Morgan fingerprint density at radius 1 is 1.38 bits per heavy atom. The van der Waals surface area contributed by atoms with Gasteiger partial charge in [-0.1, -0.05) is 20.8 Å². The fourth-order valence-electron chi connectivity index (χ4n) is 2.82. The summed E-state index contributed by atoms with van der Waals surface area (Å²) in [5.41, 5.74) is -2.71. The molecule has 0 bridgehead atoms. The predicted molar refractivity (Wildman–Crippen MR) is 109 cm³/mol. The molecule has 0 amide bonds. The highest BCUT2D eigenvalue weighted by atomic mass is 32.2. The Kier molecular flexibility index (Phi) is 6.67. The van der Waals surface area contributed by atoms with E-state index in [0.29, 0.717) is 0 Å². The van der Waals surface area contributed by atoms with Crippen LogP contribution in [0.4, 0.5) is 0 Å². The Bertz CT molecular complexity index is 949. The lowest BCUT2D eigenvalue weighted by Crippen LogP contribution is -2.54. The predicted octanol–water partition coefficient (Wildman–Crippen LogP) is 0.553. The molecule has 29 heavy (non-hydrogen) atoms. The molecule has 1 aliphatic heterocycles. The van der Waals surface area contributed by atoms with E-state index < -0.39 is 60.8 Å². The molecule has 0 unspecified atom stereocenters. The number of aliphatic hydroxyl groups is 1. The number of nitrogens with one attached hydrogen (secondary N) is 1. The van der Waals surface area contributed by atoms with E-state index in [9.17, 15) is 23.1 Å². The van der Waals surface area contributed by atoms with E-state index in [0.717, 1.165) is 6.26 Å². The standard InChI is InChI=1S/C17H30N2O8SSi/c1-16(2,3)29(5,6)27-12-9-14(19-8-7-13(21)18-15(19)22)26-17(12,10-20)11-25-28(4,23)24/h7-8,12,14,20H,9-11H2,1-6H3,(H,18,21,22)/t12-,14+,17-/m0/s1. The first-order valence-electron chi connectivity index (χ1n) is 9.23. The molecule has 0 spiro atoms. The van der Waals surface area contributed by atoms with E-state index in [-0.39, 0.29) is 11.5 Å². The van der Waals surface area contributed by atoms with Gasteiger partial charge in [0.1, 0.15) is 18.4 Å². The van der Waals surface area contributed by atoms with Crippen molar-refractivity contribution in [2.24, 2.45) is 0 Å². The number of aromatic amines is 1. The zero-order valence-electron chi connectivity index (χ0n) is 17.6. The SMILES string of the molecule is CC(C)(C)[Si](C)(C)O[C@H]1C[C@H](n2ccc(=O)[nH]c2=O)O[C@@]1(CO)COS(C)(=O)=O. The van der Waals surface area contributed by atoms with Crippen LogP contribution in [0.1, 0.15) is 33.4 Å². The lowest BCUT2D eigenvalue weighted by molar-refractivity contribution is -0.142. The van der Waals surface area contributed by atoms with Crippen LogP contribution in [0, 0.1) is 0 Å². The van der Waals surface area contributed by atoms with Crippen LogP contribution in [-0.2, 0) is 23.5 Å². The lowest BCUT2D eigenvalue weighted by Gasteiger charge is -2.42. The smallest absolute Gasteiger partial charge is 0.330 e. The van der Waals surface area contributed by atoms with E-state index in [4.69, 9.17) is 13.3 Å². The number of H-pyrrole nitrogens is 1. The Balaban J connectivity index is 2.44. The number of aliphatic hydroxyl groups excluding tert-OH is 1. The van der Waals surface area contributed by atoms with E-state index in [2.05, 4.69) is 4.98 Å². The van der Waals surface area contributed by atoms with Crippen molar-refractivity contribution in [2.45, 2.75) is 63.3 Å². The Hall–Kier alpha value is -1.31. The van der Waals surface area contributed by atoms with Crippen molar-refractivity contribution >= 4 is 18.4 Å². The molecule has 1 saturated heterocycles. The number of ether oxygens (including phenoxy) is 1. The second-order valence-corrected chi connectivity index (χ2v) is 15.3. The van der Waals surface area contributed by atoms with E-state index in [1.165, 1.54) is 16.8 Å². The molecule has 3 atom stereocenters. The van der Waals surface area contributed by atoms with Crippen LogP contribution in [0.5, 0.6) is 0 Å². The van der Waals surface area contributed by atoms with Gasteiger partial charge < -0.3 is 14.3 Å². The molecule has 1 aliphatic rings. The van der Waals surface area contributed by atoms with Gasteiger partial charge in [-0.05, 0) is 18.1 Å². The van der Waals surface area contributed by atoms with Gasteiger partial charge in [0.05, 0.1) is 19.0 Å². The minimum absolute atomic E-state index is 0.154. The second-order valence-electron chi connectivity index (χ2n) is 8.88. The van der Waals surface area contributed by atoms with Gasteiger partial charge in [-0.15, -0.1) is 0 Å². The summed E-state index contributed by atoms with van der Waals surface area (Å²) in [6.07, 6.45) is 0.774. The third-order valence-electron chi connectivity index (χ3n) is 5.56. The van der Waals surface area contributed by atoms with Gasteiger partial charge in [-0.2, -0.15) is 8.42 Å². The van der Waals surface area contributed by atoms with E-state index >= 15 is 0 Å². The summed E-state index contributed by atoms with van der Waals surface area (Å²) in [7, 11) is -6.15. The summed E-state index contributed by atoms with van der Waals surface area (Å²) in [5, 5.41) is 10.00. The molecule has 2 rings (SSSR count). The van der Waals surface area contributed by atoms with Crippen LogP contribution in [0.2, 0.25) is 18.1 Å². The van der Waals surface area contributed by atoms with E-state index in [1.54, 1.807) is 0 Å². The average Bonchev–Trinajstić information content (AvgIpc) is 2.89. The van der Waals surface area contributed by atoms with Crippen molar-refractivity contribution in [1.82, 2.24) is 9.55 Å². The Labute approximate surface area is 171 Å². The molecule has 1 fully saturated rings. The maximum absolute atomic E-state index is 12.2. The van der Waals surface area contributed by atoms with Gasteiger partial charge >= 0.3 is 5.69 Å². The normalized spacial score (nSPS) is 26.0. The zero-order valence-corrected chi connectivity index (χ0v) is 19.4. The number of hydrogen-bond acceptors (Lipinski definition) is 8. The highest BCUT2D eigenvalue weighted by Crippen LogP contribution is 2.44. The molecule has 0 saturated carbocycles. The van der Waals surface area contributed by atoms with Crippen LogP contribution in [0.3, 0.4) is 0 Å². The van der Waals surface area contributed by atoms with Crippen molar-refractivity contribution in [1.29, 1.82) is 0 Å². The number of hydrogen-bond donors (Lipinski definition) is 2. The minimum Gasteiger partial charge on any atom is -0.411 e. The number of nitrogens with zero attached hydrogens (tertiary/aromatic N) is 1. The molecule has 1 aromatic rings. The molecule has 10 nitrogen and oxygen atoms in total. The van der Waals surface area contributed by atoms with Crippen molar-refractivity contribution in [3.63, 3.8) is 0 Å². The summed E-state index contributed by atoms with van der Waals surface area (Å²) in [6, 6.07) is 1.18. The second kappa shape index (κ2) is 8.08. The van der Waals surface area contributed by atoms with Gasteiger partial charge in [-0.3, -0.25) is 18.5 Å². The van der Waals surface area contributed by atoms with Crippen molar-refractivity contribution in [3.05, 3.63) is 33.1 Å². The van der Waals surface area contributed by atoms with Crippen LogP contribution in [0.15, 0.2) is 21.9 Å². The summed E-state index contributed by atoms with van der Waals surface area (Å²) in [4.78, 5) is 25.7. The van der Waals surface area contributed by atoms with Gasteiger partial charge in [-0.25, -0.2) is 4.79 Å². The van der Waals surface area contributed by atoms with Gasteiger partial charge in [0.15, 0.2) is 8.32 Å². The summed E-state index contributed by atoms with van der Waals surface area (Å²) in [5.74, 6) is 0. The summed E-state index contributed by atoms with van der Waals surface area (Å²) < 4.78 is 41.7. The first-order valence-corrected chi connectivity index (χ1v) is 14.0. The van der Waals surface area contributed by atoms with Crippen LogP contribution >= 0.6 is 0 Å². The summed E-state index contributed by atoms with van der Waals surface area (Å²) in [6.45, 7) is 9.15. The Morgan fingerprint density at radius 2 is 2.00 bits per heavy atom. The van der Waals surface area contributed by atoms with Gasteiger partial charge in [0.2, 0.25) is 0 Å². The minimum atomic E-state index is -3.80. The van der Waals surface area contributed by atoms with Gasteiger partial charge in [0.25, 0.3) is 15.7 Å². The number of aromatic nitrogens is 2. The summed E-state index contributed by atoms with van der Waals surface area (Å²) >= 11 is 0. The highest BCUT2D eigenvalue weighted by Gasteiger charge is 2.54. The third-order valence-corrected chi connectivity index (χ3v) is 10.6. The molecular formula is C17H30N2O8SSi. The van der Waals surface area contributed by atoms with Crippen molar-refractivity contribution in [3.8, 4) is 0 Å². The van der Waals surface area contributed by atoms with Gasteiger partial charge in [0, 0.05) is 18.7 Å². The van der Waals surface area contributed by atoms with Crippen LogP contribution < -0.4 is 11.2 Å². The van der Waals surface area contributed by atoms with Crippen LogP contribution in [-0.4, -0.2) is 62.6 Å². The van der Waals surface area contributed by atoms with Crippen molar-refractivity contribution < 1.29 is 26.9 Å². The average molecular weight is 451 g/mol. The molecule has 1 aromatic heterocycles. The van der Waals surface area contributed by atoms with Crippen molar-refractivity contribution in [2.75, 3.05) is 19.5 Å². The zero-order chi connectivity index (χ0) is 22.3. The maximum atomic E-state index is 12.2. The first kappa shape index (κ1) is 24.0. The monoisotopic (exact) mass is 450 g/mol.